The predicted molar refractivity (Wildman–Crippen MR) is 90.3 cm³/mol. The van der Waals surface area contributed by atoms with E-state index in [-0.39, 0.29) is 10.0 Å². The molecule has 2 aromatic rings. The summed E-state index contributed by atoms with van der Waals surface area (Å²) in [5, 5.41) is 6.23. The molecule has 0 unspecified atom stereocenters. The summed E-state index contributed by atoms with van der Waals surface area (Å²) in [6.45, 7) is 1.49. The zero-order chi connectivity index (χ0) is 17.6. The Morgan fingerprint density at radius 2 is 1.96 bits per heavy atom. The molecule has 0 saturated heterocycles. The lowest BCUT2D eigenvalue weighted by atomic mass is 10.4. The Bertz CT molecular complexity index is 791. The van der Waals surface area contributed by atoms with Crippen molar-refractivity contribution in [1.82, 2.24) is 15.6 Å². The number of rotatable bonds is 6. The summed E-state index contributed by atoms with van der Waals surface area (Å²) in [7, 11) is -3.98. The van der Waals surface area contributed by atoms with E-state index in [1.165, 1.54) is 18.3 Å². The van der Waals surface area contributed by atoms with Crippen LogP contribution in [0.2, 0.25) is 0 Å². The van der Waals surface area contributed by atoms with Crippen molar-refractivity contribution in [3.05, 3.63) is 41.9 Å². The van der Waals surface area contributed by atoms with E-state index in [1.54, 1.807) is 30.5 Å². The van der Waals surface area contributed by atoms with Crippen LogP contribution in [0, 0.1) is 0 Å². The number of sulfonamides is 1. The Morgan fingerprint density at radius 3 is 2.54 bits per heavy atom. The standard InChI is InChI=1S/C14H16N4O4S2/c1-2-15-13(20)17-12(19)10-18(14-16-8-9-23-14)24(21,22)11-6-4-3-5-7-11/h3-9H,2,10H2,1H3,(H2,15,17,19,20). The highest BCUT2D eigenvalue weighted by Gasteiger charge is 2.29. The Kier molecular flexibility index (Phi) is 5.88. The molecule has 128 valence electrons. The molecule has 3 amide bonds. The summed E-state index contributed by atoms with van der Waals surface area (Å²) in [4.78, 5) is 27.4. The highest BCUT2D eigenvalue weighted by molar-refractivity contribution is 7.93. The fraction of sp³-hybridized carbons (Fsp3) is 0.214. The van der Waals surface area contributed by atoms with Crippen LogP contribution in [-0.4, -0.2) is 38.4 Å². The van der Waals surface area contributed by atoms with Gasteiger partial charge in [0.25, 0.3) is 10.0 Å². The van der Waals surface area contributed by atoms with Crippen LogP contribution in [0.4, 0.5) is 9.93 Å². The molecule has 2 rings (SSSR count). The van der Waals surface area contributed by atoms with Crippen molar-refractivity contribution in [3.8, 4) is 0 Å². The van der Waals surface area contributed by atoms with Gasteiger partial charge in [0.15, 0.2) is 5.13 Å². The lowest BCUT2D eigenvalue weighted by molar-refractivity contribution is -0.118. The van der Waals surface area contributed by atoms with Gasteiger partial charge in [-0.15, -0.1) is 11.3 Å². The van der Waals surface area contributed by atoms with Crippen LogP contribution in [0.15, 0.2) is 46.8 Å². The van der Waals surface area contributed by atoms with Crippen LogP contribution < -0.4 is 14.9 Å². The van der Waals surface area contributed by atoms with Crippen LogP contribution >= 0.6 is 11.3 Å². The average Bonchev–Trinajstić information content (AvgIpc) is 3.07. The van der Waals surface area contributed by atoms with Gasteiger partial charge in [-0.2, -0.15) is 0 Å². The van der Waals surface area contributed by atoms with Gasteiger partial charge in [-0.3, -0.25) is 10.1 Å². The molecule has 0 saturated carbocycles. The van der Waals surface area contributed by atoms with Gasteiger partial charge in [0.1, 0.15) is 6.54 Å². The van der Waals surface area contributed by atoms with E-state index in [2.05, 4.69) is 15.6 Å². The maximum absolute atomic E-state index is 12.8. The van der Waals surface area contributed by atoms with E-state index >= 15 is 0 Å². The van der Waals surface area contributed by atoms with Crippen LogP contribution in [0.1, 0.15) is 6.92 Å². The molecule has 1 aromatic carbocycles. The largest absolute Gasteiger partial charge is 0.338 e. The molecule has 0 spiro atoms. The van der Waals surface area contributed by atoms with Gasteiger partial charge in [0.2, 0.25) is 5.91 Å². The van der Waals surface area contributed by atoms with Crippen molar-refractivity contribution in [1.29, 1.82) is 0 Å². The monoisotopic (exact) mass is 368 g/mol. The van der Waals surface area contributed by atoms with Gasteiger partial charge in [0.05, 0.1) is 4.90 Å². The molecule has 0 fully saturated rings. The van der Waals surface area contributed by atoms with Gasteiger partial charge in [0, 0.05) is 18.1 Å². The molecule has 0 atom stereocenters. The highest BCUT2D eigenvalue weighted by Crippen LogP contribution is 2.25. The summed E-state index contributed by atoms with van der Waals surface area (Å²) >= 11 is 1.08. The van der Waals surface area contributed by atoms with E-state index in [9.17, 15) is 18.0 Å². The van der Waals surface area contributed by atoms with E-state index in [0.29, 0.717) is 6.54 Å². The zero-order valence-corrected chi connectivity index (χ0v) is 14.4. The third-order valence-corrected chi connectivity index (χ3v) is 5.50. The Morgan fingerprint density at radius 1 is 1.25 bits per heavy atom. The number of hydrogen-bond acceptors (Lipinski definition) is 6. The quantitative estimate of drug-likeness (QED) is 0.796. The van der Waals surface area contributed by atoms with Gasteiger partial charge < -0.3 is 5.32 Å². The second kappa shape index (κ2) is 7.88. The van der Waals surface area contributed by atoms with Crippen molar-refractivity contribution in [2.45, 2.75) is 11.8 Å². The predicted octanol–water partition coefficient (Wildman–Crippen LogP) is 1.18. The van der Waals surface area contributed by atoms with Gasteiger partial charge in [-0.1, -0.05) is 18.2 Å². The SMILES string of the molecule is CCNC(=O)NC(=O)CN(c1nccs1)S(=O)(=O)c1ccccc1. The van der Waals surface area contributed by atoms with Crippen LogP contribution in [-0.2, 0) is 14.8 Å². The highest BCUT2D eigenvalue weighted by atomic mass is 32.2. The summed E-state index contributed by atoms with van der Waals surface area (Å²) in [5.41, 5.74) is 0. The van der Waals surface area contributed by atoms with Crippen molar-refractivity contribution >= 4 is 38.4 Å². The summed E-state index contributed by atoms with van der Waals surface area (Å²) < 4.78 is 26.5. The molecule has 0 aliphatic carbocycles. The molecule has 2 N–H and O–H groups in total. The van der Waals surface area contributed by atoms with Crippen LogP contribution in [0.5, 0.6) is 0 Å². The maximum atomic E-state index is 12.8. The number of aromatic nitrogens is 1. The number of nitrogens with one attached hydrogen (secondary N) is 2. The number of thiazole rings is 1. The summed E-state index contributed by atoms with van der Waals surface area (Å²) in [6.07, 6.45) is 1.44. The minimum Gasteiger partial charge on any atom is -0.338 e. The van der Waals surface area contributed by atoms with Gasteiger partial charge in [-0.05, 0) is 19.1 Å². The first-order valence-electron chi connectivity index (χ1n) is 7.00. The Hall–Kier alpha value is -2.46. The number of urea groups is 1. The smallest absolute Gasteiger partial charge is 0.321 e. The molecule has 8 nitrogen and oxygen atoms in total. The lowest BCUT2D eigenvalue weighted by Crippen LogP contribution is -2.46. The fourth-order valence-corrected chi connectivity index (χ4v) is 4.08. The summed E-state index contributed by atoms with van der Waals surface area (Å²) in [6, 6.07) is 7.03. The first kappa shape index (κ1) is 17.9. The first-order chi connectivity index (χ1) is 11.4. The number of benzene rings is 1. The Balaban J connectivity index is 2.27. The number of hydrogen-bond donors (Lipinski definition) is 2. The van der Waals surface area contributed by atoms with Crippen molar-refractivity contribution in [2.24, 2.45) is 0 Å². The second-order valence-corrected chi connectivity index (χ2v) is 7.28. The van der Waals surface area contributed by atoms with E-state index < -0.39 is 28.5 Å². The summed E-state index contributed by atoms with van der Waals surface area (Å²) in [5.74, 6) is -0.754. The third-order valence-electron chi connectivity index (χ3n) is 2.84. The first-order valence-corrected chi connectivity index (χ1v) is 9.32. The molecule has 0 aliphatic heterocycles. The number of nitrogens with zero attached hydrogens (tertiary/aromatic N) is 2. The maximum Gasteiger partial charge on any atom is 0.321 e. The molecule has 0 bridgehead atoms. The van der Waals surface area contributed by atoms with E-state index in [4.69, 9.17) is 0 Å². The zero-order valence-electron chi connectivity index (χ0n) is 12.8. The molecule has 1 aromatic heterocycles. The Labute approximate surface area is 143 Å². The number of carbonyl (C=O) groups excluding carboxylic acids is 2. The van der Waals surface area contributed by atoms with Crippen molar-refractivity contribution in [3.63, 3.8) is 0 Å². The molecule has 10 heteroatoms. The van der Waals surface area contributed by atoms with Crippen LogP contribution in [0.3, 0.4) is 0 Å². The van der Waals surface area contributed by atoms with Crippen LogP contribution in [0.25, 0.3) is 0 Å². The van der Waals surface area contributed by atoms with Gasteiger partial charge in [-0.25, -0.2) is 22.5 Å². The molecular weight excluding hydrogens is 352 g/mol. The number of anilines is 1. The fourth-order valence-electron chi connectivity index (χ4n) is 1.82. The van der Waals surface area contributed by atoms with Crippen molar-refractivity contribution in [2.75, 3.05) is 17.4 Å². The average molecular weight is 368 g/mol. The normalized spacial score (nSPS) is 10.9. The topological polar surface area (TPSA) is 108 Å². The molecule has 1 heterocycles. The number of carbonyl (C=O) groups is 2. The lowest BCUT2D eigenvalue weighted by Gasteiger charge is -2.21. The minimum absolute atomic E-state index is 0.0333. The van der Waals surface area contributed by atoms with Crippen molar-refractivity contribution < 1.29 is 18.0 Å². The van der Waals surface area contributed by atoms with E-state index in [1.807, 2.05) is 0 Å². The minimum atomic E-state index is -3.98. The number of amides is 3. The molecule has 24 heavy (non-hydrogen) atoms. The third kappa shape index (κ3) is 4.30. The second-order valence-electron chi connectivity index (χ2n) is 4.55. The van der Waals surface area contributed by atoms with E-state index in [0.717, 1.165) is 15.6 Å². The van der Waals surface area contributed by atoms with Gasteiger partial charge >= 0.3 is 6.03 Å². The molecular formula is C14H16N4O4S2. The number of imide groups is 1. The molecule has 0 radical (unpaired) electrons. The molecule has 0 aliphatic rings.